The lowest BCUT2D eigenvalue weighted by atomic mass is 9.97. The van der Waals surface area contributed by atoms with Gasteiger partial charge < -0.3 is 14.9 Å². The van der Waals surface area contributed by atoms with Crippen molar-refractivity contribution in [2.75, 3.05) is 55.7 Å². The van der Waals surface area contributed by atoms with Gasteiger partial charge in [0.15, 0.2) is 16.8 Å². The van der Waals surface area contributed by atoms with E-state index in [1.165, 1.54) is 5.56 Å². The fourth-order valence-electron chi connectivity index (χ4n) is 5.21. The SMILES string of the molecule is Cc1[nH]nc(Cl)c1C(c1ccccc1)N1CCN(c2nccnc2N2CCC(CO)CC2)CC1.Cl. The predicted octanol–water partition coefficient (Wildman–Crippen LogP) is 3.70. The van der Waals surface area contributed by atoms with Crippen molar-refractivity contribution in [3.8, 4) is 0 Å². The summed E-state index contributed by atoms with van der Waals surface area (Å²) in [5.41, 5.74) is 3.27. The maximum absolute atomic E-state index is 9.49. The van der Waals surface area contributed by atoms with Crippen LogP contribution in [0.5, 0.6) is 0 Å². The van der Waals surface area contributed by atoms with E-state index in [0.717, 1.165) is 75.0 Å². The van der Waals surface area contributed by atoms with Gasteiger partial charge in [-0.15, -0.1) is 12.4 Å². The second-order valence-electron chi connectivity index (χ2n) is 9.21. The zero-order valence-corrected chi connectivity index (χ0v) is 21.5. The number of nitrogens with zero attached hydrogens (tertiary/aromatic N) is 6. The Balaban J connectivity index is 0.00000289. The van der Waals surface area contributed by atoms with E-state index in [2.05, 4.69) is 49.2 Å². The van der Waals surface area contributed by atoms with Gasteiger partial charge >= 0.3 is 0 Å². The average molecular weight is 518 g/mol. The molecule has 2 saturated heterocycles. The molecule has 1 aromatic carbocycles. The summed E-state index contributed by atoms with van der Waals surface area (Å²) >= 11 is 6.54. The molecule has 2 aromatic heterocycles. The second kappa shape index (κ2) is 11.6. The van der Waals surface area contributed by atoms with Crippen molar-refractivity contribution in [3.05, 3.63) is 64.7 Å². The van der Waals surface area contributed by atoms with E-state index in [-0.39, 0.29) is 25.1 Å². The molecule has 2 aliphatic heterocycles. The number of hydrogen-bond donors (Lipinski definition) is 2. The first-order chi connectivity index (χ1) is 16.7. The Morgan fingerprint density at radius 1 is 0.971 bits per heavy atom. The van der Waals surface area contributed by atoms with Crippen LogP contribution in [0, 0.1) is 12.8 Å². The molecule has 0 radical (unpaired) electrons. The summed E-state index contributed by atoms with van der Waals surface area (Å²) in [6.45, 7) is 7.59. The van der Waals surface area contributed by atoms with Crippen molar-refractivity contribution in [1.29, 1.82) is 0 Å². The highest BCUT2D eigenvalue weighted by Gasteiger charge is 2.32. The van der Waals surface area contributed by atoms with Gasteiger partial charge in [0.2, 0.25) is 0 Å². The maximum Gasteiger partial charge on any atom is 0.172 e. The summed E-state index contributed by atoms with van der Waals surface area (Å²) in [5.74, 6) is 2.31. The van der Waals surface area contributed by atoms with E-state index in [0.29, 0.717) is 11.1 Å². The average Bonchev–Trinajstić information content (AvgIpc) is 3.23. The molecule has 8 nitrogen and oxygen atoms in total. The lowest BCUT2D eigenvalue weighted by molar-refractivity contribution is 0.202. The van der Waals surface area contributed by atoms with Crippen molar-refractivity contribution in [2.45, 2.75) is 25.8 Å². The molecular formula is C25H33Cl2N7O. The summed E-state index contributed by atoms with van der Waals surface area (Å²) in [4.78, 5) is 16.6. The summed E-state index contributed by atoms with van der Waals surface area (Å²) in [6, 6.07) is 10.6. The van der Waals surface area contributed by atoms with E-state index in [4.69, 9.17) is 21.6 Å². The quantitative estimate of drug-likeness (QED) is 0.515. The number of anilines is 2. The predicted molar refractivity (Wildman–Crippen MR) is 142 cm³/mol. The van der Waals surface area contributed by atoms with Crippen LogP contribution in [-0.2, 0) is 0 Å². The smallest absolute Gasteiger partial charge is 0.172 e. The van der Waals surface area contributed by atoms with Gasteiger partial charge in [-0.1, -0.05) is 41.9 Å². The van der Waals surface area contributed by atoms with Crippen molar-refractivity contribution in [3.63, 3.8) is 0 Å². The maximum atomic E-state index is 9.49. The van der Waals surface area contributed by atoms with Crippen LogP contribution in [0.15, 0.2) is 42.7 Å². The minimum Gasteiger partial charge on any atom is -0.396 e. The zero-order chi connectivity index (χ0) is 23.5. The molecule has 1 atom stereocenters. The number of piperidine rings is 1. The molecular weight excluding hydrogens is 485 g/mol. The van der Waals surface area contributed by atoms with Gasteiger partial charge in [-0.05, 0) is 31.2 Å². The Bertz CT molecular complexity index is 1060. The first-order valence-electron chi connectivity index (χ1n) is 12.1. The van der Waals surface area contributed by atoms with Crippen LogP contribution in [0.2, 0.25) is 5.15 Å². The Morgan fingerprint density at radius 3 is 2.11 bits per heavy atom. The number of aliphatic hydroxyl groups excluding tert-OH is 1. The molecule has 10 heteroatoms. The van der Waals surface area contributed by atoms with Crippen LogP contribution >= 0.6 is 24.0 Å². The van der Waals surface area contributed by atoms with E-state index in [1.807, 2.05) is 13.0 Å². The van der Waals surface area contributed by atoms with E-state index >= 15 is 0 Å². The summed E-state index contributed by atoms with van der Waals surface area (Å²) < 4.78 is 0. The molecule has 1 unspecified atom stereocenters. The van der Waals surface area contributed by atoms with Crippen LogP contribution in [0.3, 0.4) is 0 Å². The second-order valence-corrected chi connectivity index (χ2v) is 9.56. The molecule has 0 aliphatic carbocycles. The van der Waals surface area contributed by atoms with Gasteiger partial charge in [-0.3, -0.25) is 10.00 Å². The highest BCUT2D eigenvalue weighted by Crippen LogP contribution is 2.36. The minimum atomic E-state index is 0. The van der Waals surface area contributed by atoms with Crippen LogP contribution < -0.4 is 9.80 Å². The highest BCUT2D eigenvalue weighted by molar-refractivity contribution is 6.30. The number of halogens is 2. The van der Waals surface area contributed by atoms with Crippen molar-refractivity contribution in [2.24, 2.45) is 5.92 Å². The Kier molecular flexibility index (Phi) is 8.49. The van der Waals surface area contributed by atoms with Gasteiger partial charge in [0.05, 0.1) is 6.04 Å². The van der Waals surface area contributed by atoms with Crippen molar-refractivity contribution >= 4 is 35.6 Å². The number of aryl methyl sites for hydroxylation is 1. The molecule has 2 fully saturated rings. The summed E-state index contributed by atoms with van der Waals surface area (Å²) in [7, 11) is 0. The van der Waals surface area contributed by atoms with Gasteiger partial charge in [-0.2, -0.15) is 5.10 Å². The molecule has 5 rings (SSSR count). The van der Waals surface area contributed by atoms with Crippen LogP contribution in [-0.4, -0.2) is 76.0 Å². The van der Waals surface area contributed by atoms with Crippen LogP contribution in [0.1, 0.15) is 35.7 Å². The first-order valence-corrected chi connectivity index (χ1v) is 12.4. The van der Waals surface area contributed by atoms with Crippen molar-refractivity contribution < 1.29 is 5.11 Å². The lowest BCUT2D eigenvalue weighted by Gasteiger charge is -2.41. The van der Waals surface area contributed by atoms with Gasteiger partial charge in [0, 0.05) is 69.5 Å². The molecule has 0 saturated carbocycles. The fraction of sp³-hybridized carbons (Fsp3) is 0.480. The third-order valence-corrected chi connectivity index (χ3v) is 7.44. The number of rotatable bonds is 6. The third kappa shape index (κ3) is 5.40. The van der Waals surface area contributed by atoms with Crippen LogP contribution in [0.25, 0.3) is 0 Å². The Hall–Kier alpha value is -2.39. The summed E-state index contributed by atoms with van der Waals surface area (Å²) in [5, 5.41) is 17.3. The topological polar surface area (TPSA) is 84.4 Å². The van der Waals surface area contributed by atoms with E-state index in [9.17, 15) is 5.11 Å². The molecule has 0 bridgehead atoms. The number of aromatic amines is 1. The number of hydrogen-bond acceptors (Lipinski definition) is 7. The third-order valence-electron chi connectivity index (χ3n) is 7.15. The molecule has 35 heavy (non-hydrogen) atoms. The number of aliphatic hydroxyl groups is 1. The molecule has 2 aliphatic rings. The lowest BCUT2D eigenvalue weighted by Crippen LogP contribution is -2.49. The molecule has 0 spiro atoms. The standard InChI is InChI=1S/C25H32ClN7O.ClH/c1-18-21(23(26)30-29-18)22(20-5-3-2-4-6-20)31-13-15-33(16-14-31)25-24(27-9-10-28-25)32-11-7-19(17-34)8-12-32;/h2-6,9-10,19,22,34H,7-8,11-17H2,1H3,(H,29,30);1H. The first kappa shape index (κ1) is 25.7. The minimum absolute atomic E-state index is 0. The fourth-order valence-corrected chi connectivity index (χ4v) is 5.50. The highest BCUT2D eigenvalue weighted by atomic mass is 35.5. The van der Waals surface area contributed by atoms with E-state index < -0.39 is 0 Å². The van der Waals surface area contributed by atoms with Gasteiger partial charge in [-0.25, -0.2) is 9.97 Å². The number of H-pyrrole nitrogens is 1. The molecule has 3 aromatic rings. The van der Waals surface area contributed by atoms with Crippen LogP contribution in [0.4, 0.5) is 11.6 Å². The number of nitrogens with one attached hydrogen (secondary N) is 1. The largest absolute Gasteiger partial charge is 0.396 e. The molecule has 2 N–H and O–H groups in total. The van der Waals surface area contributed by atoms with Crippen molar-refractivity contribution in [1.82, 2.24) is 25.1 Å². The number of benzene rings is 1. The number of piperazine rings is 1. The molecule has 4 heterocycles. The van der Waals surface area contributed by atoms with Gasteiger partial charge in [0.25, 0.3) is 0 Å². The Morgan fingerprint density at radius 2 is 1.57 bits per heavy atom. The molecule has 188 valence electrons. The normalized spacial score (nSPS) is 18.4. The van der Waals surface area contributed by atoms with E-state index in [1.54, 1.807) is 12.4 Å². The number of aromatic nitrogens is 4. The monoisotopic (exact) mass is 517 g/mol. The Labute approximate surface area is 217 Å². The summed E-state index contributed by atoms with van der Waals surface area (Å²) in [6.07, 6.45) is 5.54. The van der Waals surface area contributed by atoms with Gasteiger partial charge in [0.1, 0.15) is 0 Å². The molecule has 0 amide bonds. The zero-order valence-electron chi connectivity index (χ0n) is 20.0.